The van der Waals surface area contributed by atoms with Crippen LogP contribution >= 0.6 is 0 Å². The van der Waals surface area contributed by atoms with Crippen molar-refractivity contribution >= 4 is 8.80 Å². The van der Waals surface area contributed by atoms with Gasteiger partial charge >= 0.3 is 0 Å². The van der Waals surface area contributed by atoms with Crippen molar-refractivity contribution < 1.29 is 0 Å². The van der Waals surface area contributed by atoms with Gasteiger partial charge in [-0.15, -0.1) is 6.58 Å². The Morgan fingerprint density at radius 1 is 1.25 bits per heavy atom. The molecule has 0 saturated heterocycles. The molecule has 0 aliphatic heterocycles. The Kier molecular flexibility index (Phi) is 5.45. The summed E-state index contributed by atoms with van der Waals surface area (Å²) in [5.74, 6) is 0.642. The minimum atomic E-state index is -0.699. The second kappa shape index (κ2) is 5.51. The van der Waals surface area contributed by atoms with Crippen LogP contribution in [0.3, 0.4) is 0 Å². The standard InChI is InChI=1S/C9H22N2Si/c1-7-8-12(6)9(10(2)3)11(4)5/h7,9,12H,1,8H2,2-6H3. The normalized spacial score (nSPS) is 14.3. The predicted molar refractivity (Wildman–Crippen MR) is 59.2 cm³/mol. The molecule has 0 amide bonds. The molecule has 0 N–H and O–H groups in total. The van der Waals surface area contributed by atoms with Crippen LogP contribution in [-0.2, 0) is 0 Å². The zero-order chi connectivity index (χ0) is 9.72. The Bertz CT molecular complexity index is 126. The Labute approximate surface area is 78.5 Å². The topological polar surface area (TPSA) is 6.48 Å². The van der Waals surface area contributed by atoms with Crippen LogP contribution in [0.2, 0.25) is 12.6 Å². The zero-order valence-electron chi connectivity index (χ0n) is 9.04. The molecule has 0 aliphatic rings. The minimum Gasteiger partial charge on any atom is -0.297 e. The highest BCUT2D eigenvalue weighted by atomic mass is 28.3. The molecule has 0 saturated carbocycles. The maximum absolute atomic E-state index is 3.80. The lowest BCUT2D eigenvalue weighted by Crippen LogP contribution is -2.50. The molecule has 0 spiro atoms. The van der Waals surface area contributed by atoms with Gasteiger partial charge in [-0.2, -0.15) is 0 Å². The Morgan fingerprint density at radius 2 is 1.67 bits per heavy atom. The van der Waals surface area contributed by atoms with Crippen LogP contribution in [0.4, 0.5) is 0 Å². The summed E-state index contributed by atoms with van der Waals surface area (Å²) in [4.78, 5) is 4.61. The molecule has 0 aromatic rings. The molecule has 72 valence electrons. The van der Waals surface area contributed by atoms with E-state index in [0.29, 0.717) is 5.79 Å². The van der Waals surface area contributed by atoms with Gasteiger partial charge in [-0.3, -0.25) is 9.80 Å². The average Bonchev–Trinajstić information content (AvgIpc) is 1.85. The van der Waals surface area contributed by atoms with Crippen molar-refractivity contribution in [2.24, 2.45) is 0 Å². The van der Waals surface area contributed by atoms with Crippen molar-refractivity contribution in [2.45, 2.75) is 18.4 Å². The van der Waals surface area contributed by atoms with Crippen LogP contribution in [0.1, 0.15) is 0 Å². The minimum absolute atomic E-state index is 0.642. The van der Waals surface area contributed by atoms with Crippen LogP contribution in [0.25, 0.3) is 0 Å². The van der Waals surface area contributed by atoms with Crippen LogP contribution in [0, 0.1) is 0 Å². The third-order valence-corrected chi connectivity index (χ3v) is 5.39. The Hall–Kier alpha value is -0.123. The number of hydrogen-bond donors (Lipinski definition) is 0. The van der Waals surface area contributed by atoms with E-state index in [0.717, 1.165) is 0 Å². The van der Waals surface area contributed by atoms with E-state index in [4.69, 9.17) is 0 Å². The van der Waals surface area contributed by atoms with Gasteiger partial charge in [0.15, 0.2) is 0 Å². The summed E-state index contributed by atoms with van der Waals surface area (Å²) < 4.78 is 0. The zero-order valence-corrected chi connectivity index (χ0v) is 10.2. The fraction of sp³-hybridized carbons (Fsp3) is 0.778. The highest BCUT2D eigenvalue weighted by Gasteiger charge is 2.21. The molecule has 0 fully saturated rings. The molecule has 0 aliphatic carbocycles. The van der Waals surface area contributed by atoms with Gasteiger partial charge in [-0.25, -0.2) is 0 Å². The molecule has 0 aromatic heterocycles. The molecular weight excluding hydrogens is 164 g/mol. The fourth-order valence-corrected chi connectivity index (χ4v) is 4.67. The first-order valence-electron chi connectivity index (χ1n) is 4.44. The van der Waals surface area contributed by atoms with Crippen LogP contribution in [0.5, 0.6) is 0 Å². The monoisotopic (exact) mass is 186 g/mol. The highest BCUT2D eigenvalue weighted by Crippen LogP contribution is 2.06. The van der Waals surface area contributed by atoms with E-state index >= 15 is 0 Å². The van der Waals surface area contributed by atoms with Crippen molar-refractivity contribution in [1.29, 1.82) is 0 Å². The van der Waals surface area contributed by atoms with Gasteiger partial charge in [-0.1, -0.05) is 12.6 Å². The lowest BCUT2D eigenvalue weighted by Gasteiger charge is -2.34. The first-order valence-corrected chi connectivity index (χ1v) is 7.08. The fourth-order valence-electron chi connectivity index (χ4n) is 1.86. The van der Waals surface area contributed by atoms with E-state index in [1.807, 2.05) is 0 Å². The van der Waals surface area contributed by atoms with Crippen molar-refractivity contribution in [3.8, 4) is 0 Å². The molecule has 0 aromatic carbocycles. The molecule has 12 heavy (non-hydrogen) atoms. The van der Waals surface area contributed by atoms with Crippen LogP contribution in [-0.4, -0.2) is 52.6 Å². The lowest BCUT2D eigenvalue weighted by molar-refractivity contribution is 0.197. The van der Waals surface area contributed by atoms with Crippen molar-refractivity contribution in [2.75, 3.05) is 28.2 Å². The Morgan fingerprint density at radius 3 is 1.92 bits per heavy atom. The summed E-state index contributed by atoms with van der Waals surface area (Å²) in [7, 11) is 7.90. The van der Waals surface area contributed by atoms with Crippen LogP contribution < -0.4 is 0 Å². The Balaban J connectivity index is 4.18. The molecular formula is C9H22N2Si. The quantitative estimate of drug-likeness (QED) is 0.359. The summed E-state index contributed by atoms with van der Waals surface area (Å²) in [6.45, 7) is 6.19. The molecule has 0 rings (SSSR count). The largest absolute Gasteiger partial charge is 0.297 e. The van der Waals surface area contributed by atoms with Gasteiger partial charge < -0.3 is 0 Å². The number of rotatable bonds is 5. The summed E-state index contributed by atoms with van der Waals surface area (Å²) >= 11 is 0. The molecule has 3 heteroatoms. The van der Waals surface area contributed by atoms with Gasteiger partial charge in [0, 0.05) is 5.79 Å². The third-order valence-electron chi connectivity index (χ3n) is 2.11. The number of allylic oxidation sites excluding steroid dienone is 1. The van der Waals surface area contributed by atoms with Gasteiger partial charge in [0.1, 0.15) is 0 Å². The number of nitrogens with zero attached hydrogens (tertiary/aromatic N) is 2. The average molecular weight is 186 g/mol. The second-order valence-electron chi connectivity index (χ2n) is 3.84. The maximum atomic E-state index is 3.80. The van der Waals surface area contributed by atoms with E-state index in [-0.39, 0.29) is 0 Å². The summed E-state index contributed by atoms with van der Waals surface area (Å²) in [5, 5.41) is 0. The first kappa shape index (κ1) is 11.9. The van der Waals surface area contributed by atoms with E-state index in [1.165, 1.54) is 6.04 Å². The van der Waals surface area contributed by atoms with Crippen LogP contribution in [0.15, 0.2) is 12.7 Å². The van der Waals surface area contributed by atoms with Gasteiger partial charge in [0.2, 0.25) is 0 Å². The maximum Gasteiger partial charge on any atom is 0.0758 e. The SMILES string of the molecule is C=CC[SiH](C)C(N(C)C)N(C)C. The van der Waals surface area contributed by atoms with Crippen molar-refractivity contribution in [3.05, 3.63) is 12.7 Å². The van der Waals surface area contributed by atoms with E-state index in [9.17, 15) is 0 Å². The smallest absolute Gasteiger partial charge is 0.0758 e. The van der Waals surface area contributed by atoms with E-state index in [2.05, 4.69) is 57.2 Å². The molecule has 1 atom stereocenters. The predicted octanol–water partition coefficient (Wildman–Crippen LogP) is 1.02. The first-order chi connectivity index (χ1) is 5.50. The summed E-state index contributed by atoms with van der Waals surface area (Å²) in [6, 6.07) is 1.21. The molecule has 1 unspecified atom stereocenters. The lowest BCUT2D eigenvalue weighted by atomic mass is 10.7. The van der Waals surface area contributed by atoms with E-state index < -0.39 is 8.80 Å². The molecule has 0 heterocycles. The molecule has 2 nitrogen and oxygen atoms in total. The third kappa shape index (κ3) is 3.52. The highest BCUT2D eigenvalue weighted by molar-refractivity contribution is 6.59. The van der Waals surface area contributed by atoms with E-state index in [1.54, 1.807) is 0 Å². The van der Waals surface area contributed by atoms with Gasteiger partial charge in [0.25, 0.3) is 0 Å². The molecule has 0 bridgehead atoms. The van der Waals surface area contributed by atoms with Gasteiger partial charge in [0.05, 0.1) is 8.80 Å². The summed E-state index contributed by atoms with van der Waals surface area (Å²) in [5.41, 5.74) is 0. The second-order valence-corrected chi connectivity index (χ2v) is 6.86. The molecule has 0 radical (unpaired) electrons. The van der Waals surface area contributed by atoms with Crippen molar-refractivity contribution in [1.82, 2.24) is 9.80 Å². The number of hydrogen-bond acceptors (Lipinski definition) is 2. The van der Waals surface area contributed by atoms with Gasteiger partial charge in [-0.05, 0) is 34.2 Å². The van der Waals surface area contributed by atoms with Crippen molar-refractivity contribution in [3.63, 3.8) is 0 Å². The summed E-state index contributed by atoms with van der Waals surface area (Å²) in [6.07, 6.45) is 2.05.